The Morgan fingerprint density at radius 3 is 1.43 bits per heavy atom. The van der Waals surface area contributed by atoms with Crippen molar-refractivity contribution in [3.8, 4) is 0 Å². The zero-order valence-corrected chi connectivity index (χ0v) is 9.16. The molecule has 0 aromatic heterocycles. The van der Waals surface area contributed by atoms with E-state index in [1.807, 2.05) is 0 Å². The van der Waals surface area contributed by atoms with E-state index in [4.69, 9.17) is 18.9 Å². The third kappa shape index (κ3) is 10.2. The summed E-state index contributed by atoms with van der Waals surface area (Å²) in [5, 5.41) is 0. The topological polar surface area (TPSA) is 36.9 Å². The Hall–Kier alpha value is 0.147. The molecule has 0 radical (unpaired) electrons. The van der Waals surface area contributed by atoms with E-state index in [0.29, 0.717) is 39.6 Å². The van der Waals surface area contributed by atoms with Crippen molar-refractivity contribution in [2.75, 3.05) is 39.6 Å². The van der Waals surface area contributed by atoms with Crippen molar-refractivity contribution >= 4 is 0 Å². The monoisotopic (exact) mass is 216 g/mol. The summed E-state index contributed by atoms with van der Waals surface area (Å²) in [5.74, 6) is 0. The van der Waals surface area contributed by atoms with Crippen LogP contribution in [0.3, 0.4) is 0 Å². The minimum atomic E-state index is 0. The van der Waals surface area contributed by atoms with E-state index < -0.39 is 0 Å². The van der Waals surface area contributed by atoms with E-state index in [1.165, 1.54) is 12.5 Å². The number of halogens is 1. The molecule has 0 N–H and O–H groups in total. The first kappa shape index (κ1) is 16.6. The molecule has 1 rings (SSSR count). The van der Waals surface area contributed by atoms with Crippen molar-refractivity contribution in [2.24, 2.45) is 0 Å². The van der Waals surface area contributed by atoms with Gasteiger partial charge in [0, 0.05) is 0 Å². The van der Waals surface area contributed by atoms with Crippen molar-refractivity contribution in [1.29, 1.82) is 0 Å². The van der Waals surface area contributed by atoms with Crippen molar-refractivity contribution < 1.29 is 50.2 Å². The van der Waals surface area contributed by atoms with E-state index in [9.17, 15) is 0 Å². The number of ether oxygens (including phenoxy) is 4. The molecule has 78 valence electrons. The molecule has 0 atom stereocenters. The van der Waals surface area contributed by atoms with Crippen molar-refractivity contribution in [3.05, 3.63) is 12.5 Å². The third-order valence-electron chi connectivity index (χ3n) is 1.31. The predicted octanol–water partition coefficient (Wildman–Crippen LogP) is -5.45. The summed E-state index contributed by atoms with van der Waals surface area (Å²) >= 11 is 0. The molecule has 0 aromatic carbocycles. The van der Waals surface area contributed by atoms with Gasteiger partial charge < -0.3 is 31.4 Å². The summed E-state index contributed by atoms with van der Waals surface area (Å²) in [6.45, 7) is 3.53. The summed E-state index contributed by atoms with van der Waals surface area (Å²) in [5.41, 5.74) is 0. The second-order valence-electron chi connectivity index (χ2n) is 2.24. The second-order valence-corrected chi connectivity index (χ2v) is 2.24. The largest absolute Gasteiger partial charge is 1.00 e. The fraction of sp³-hybridized carbons (Fsp3) is 0.750. The molecule has 0 amide bonds. The van der Waals surface area contributed by atoms with Gasteiger partial charge in [0.05, 0.1) is 26.4 Å². The minimum absolute atomic E-state index is 0. The summed E-state index contributed by atoms with van der Waals surface area (Å²) < 4.78 is 20.4. The van der Waals surface area contributed by atoms with Gasteiger partial charge in [-0.3, -0.25) is 0 Å². The zero-order valence-electron chi connectivity index (χ0n) is 8.41. The van der Waals surface area contributed by atoms with Crippen LogP contribution >= 0.6 is 0 Å². The molecule has 0 aliphatic carbocycles. The van der Waals surface area contributed by atoms with Crippen LogP contribution < -0.4 is 31.3 Å². The van der Waals surface area contributed by atoms with Crippen LogP contribution in [0.1, 0.15) is 0 Å². The van der Waals surface area contributed by atoms with Gasteiger partial charge in [0.15, 0.2) is 0 Å². The first-order valence-corrected chi connectivity index (χ1v) is 4.04. The molecule has 14 heavy (non-hydrogen) atoms. The van der Waals surface area contributed by atoms with Crippen LogP contribution in [0.25, 0.3) is 0 Å². The number of hydrogen-bond donors (Lipinski definition) is 0. The first-order valence-electron chi connectivity index (χ1n) is 4.04. The molecule has 0 aromatic rings. The maximum Gasteiger partial charge on any atom is 1.00 e. The molecule has 0 saturated carbocycles. The molecule has 1 aliphatic rings. The fourth-order valence-corrected chi connectivity index (χ4v) is 0.751. The van der Waals surface area contributed by atoms with Gasteiger partial charge in [-0.2, -0.15) is 0 Å². The van der Waals surface area contributed by atoms with Crippen LogP contribution in [0.15, 0.2) is 12.5 Å². The van der Waals surface area contributed by atoms with Crippen molar-refractivity contribution in [2.45, 2.75) is 0 Å². The van der Waals surface area contributed by atoms with Gasteiger partial charge in [0.2, 0.25) is 0 Å². The van der Waals surface area contributed by atoms with Gasteiger partial charge in [0.25, 0.3) is 0 Å². The van der Waals surface area contributed by atoms with Gasteiger partial charge in [-0.05, 0) is 0 Å². The third-order valence-corrected chi connectivity index (χ3v) is 1.31. The van der Waals surface area contributed by atoms with Crippen LogP contribution in [0.4, 0.5) is 0 Å². The zero-order chi connectivity index (χ0) is 8.49. The Bertz CT molecular complexity index is 121. The van der Waals surface area contributed by atoms with Crippen LogP contribution in [0.2, 0.25) is 0 Å². The van der Waals surface area contributed by atoms with Gasteiger partial charge in [-0.1, -0.05) is 0 Å². The Morgan fingerprint density at radius 2 is 1.00 bits per heavy atom. The molecule has 4 nitrogen and oxygen atoms in total. The SMILES string of the molecule is C1=COCCOCCOCCO1.[Cl-].[Li+]. The van der Waals surface area contributed by atoms with Crippen LogP contribution in [0.5, 0.6) is 0 Å². The smallest absolute Gasteiger partial charge is 1.00 e. The molecular formula is C8H14ClLiO4. The first-order chi connectivity index (χ1) is 6.00. The van der Waals surface area contributed by atoms with E-state index in [1.54, 1.807) is 0 Å². The van der Waals surface area contributed by atoms with Gasteiger partial charge >= 0.3 is 18.9 Å². The molecular weight excluding hydrogens is 202 g/mol. The average molecular weight is 217 g/mol. The van der Waals surface area contributed by atoms with Crippen molar-refractivity contribution in [3.63, 3.8) is 0 Å². The van der Waals surface area contributed by atoms with Gasteiger partial charge in [0.1, 0.15) is 25.7 Å². The van der Waals surface area contributed by atoms with Crippen LogP contribution in [-0.2, 0) is 18.9 Å². The molecule has 0 bridgehead atoms. The molecule has 0 spiro atoms. The summed E-state index contributed by atoms with van der Waals surface area (Å²) in [4.78, 5) is 0. The summed E-state index contributed by atoms with van der Waals surface area (Å²) in [6.07, 6.45) is 3.04. The van der Waals surface area contributed by atoms with E-state index >= 15 is 0 Å². The van der Waals surface area contributed by atoms with Crippen molar-refractivity contribution in [1.82, 2.24) is 0 Å². The van der Waals surface area contributed by atoms with Crippen LogP contribution in [0, 0.1) is 0 Å². The Labute approximate surface area is 103 Å². The predicted molar refractivity (Wildman–Crippen MR) is 42.7 cm³/mol. The average Bonchev–Trinajstić information content (AvgIpc) is 2.05. The molecule has 1 aliphatic heterocycles. The normalized spacial score (nSPS) is 18.3. The number of hydrogen-bond acceptors (Lipinski definition) is 4. The van der Waals surface area contributed by atoms with E-state index in [0.717, 1.165) is 0 Å². The second kappa shape index (κ2) is 13.1. The Morgan fingerprint density at radius 1 is 0.643 bits per heavy atom. The summed E-state index contributed by atoms with van der Waals surface area (Å²) in [6, 6.07) is 0. The quantitative estimate of drug-likeness (QED) is 0.379. The van der Waals surface area contributed by atoms with Gasteiger partial charge in [-0.25, -0.2) is 0 Å². The van der Waals surface area contributed by atoms with E-state index in [-0.39, 0.29) is 31.3 Å². The summed E-state index contributed by atoms with van der Waals surface area (Å²) in [7, 11) is 0. The fourth-order valence-electron chi connectivity index (χ4n) is 0.751. The Balaban J connectivity index is 0. The minimum Gasteiger partial charge on any atom is -1.00 e. The Kier molecular flexibility index (Phi) is 15.6. The van der Waals surface area contributed by atoms with Gasteiger partial charge in [-0.15, -0.1) is 0 Å². The number of rotatable bonds is 0. The van der Waals surface area contributed by atoms with E-state index in [2.05, 4.69) is 0 Å². The molecule has 1 heterocycles. The standard InChI is InChI=1S/C8H14O4.ClH.Li/c1-2-10-5-6-12-8-7-11-4-3-9-1;;/h1-2H,3-8H2;1H;/q;;+1/p-1. The molecule has 0 saturated heterocycles. The molecule has 0 fully saturated rings. The van der Waals surface area contributed by atoms with Crippen LogP contribution in [-0.4, -0.2) is 39.6 Å². The maximum absolute atomic E-state index is 5.18. The molecule has 0 unspecified atom stereocenters. The maximum atomic E-state index is 5.18. The molecule has 6 heteroatoms.